The summed E-state index contributed by atoms with van der Waals surface area (Å²) < 4.78 is 0. The molecular weight excluding hydrogens is 162 g/mol. The van der Waals surface area contributed by atoms with Gasteiger partial charge in [-0.05, 0) is 23.2 Å². The van der Waals surface area contributed by atoms with Crippen LogP contribution in [0.4, 0.5) is 5.69 Å². The van der Waals surface area contributed by atoms with Crippen LogP contribution in [0, 0.1) is 0 Å². The fourth-order valence-electron chi connectivity index (χ4n) is 1.58. The molecule has 0 fully saturated rings. The third-order valence-electron chi connectivity index (χ3n) is 2.21. The standard InChI is InChI=1S/C10H8N3/c1-2-4-10-8(3-1)5-6-9-7-11-12-13(9)10/h1-7,11H. The van der Waals surface area contributed by atoms with E-state index in [1.165, 1.54) is 5.56 Å². The normalized spacial score (nSPS) is 17.5. The summed E-state index contributed by atoms with van der Waals surface area (Å²) in [6.07, 6.45) is 6.03. The minimum absolute atomic E-state index is 1.08. The fourth-order valence-corrected chi connectivity index (χ4v) is 1.58. The molecule has 2 aliphatic rings. The van der Waals surface area contributed by atoms with Crippen LogP contribution in [-0.2, 0) is 0 Å². The summed E-state index contributed by atoms with van der Waals surface area (Å²) in [7, 11) is 0. The largest absolute Gasteiger partial charge is 0.289 e. The van der Waals surface area contributed by atoms with Crippen LogP contribution in [-0.4, -0.2) is 0 Å². The Labute approximate surface area is 76.3 Å². The van der Waals surface area contributed by atoms with Crippen molar-refractivity contribution in [2.45, 2.75) is 0 Å². The molecule has 2 aliphatic heterocycles. The van der Waals surface area contributed by atoms with Gasteiger partial charge >= 0.3 is 0 Å². The number of rotatable bonds is 0. The van der Waals surface area contributed by atoms with Crippen molar-refractivity contribution < 1.29 is 0 Å². The van der Waals surface area contributed by atoms with Gasteiger partial charge in [0.1, 0.15) is 0 Å². The Morgan fingerprint density at radius 2 is 2.08 bits per heavy atom. The molecule has 0 aliphatic carbocycles. The zero-order chi connectivity index (χ0) is 8.67. The highest BCUT2D eigenvalue weighted by atomic mass is 15.7. The molecule has 0 unspecified atom stereocenters. The second-order valence-electron chi connectivity index (χ2n) is 3.00. The first kappa shape index (κ1) is 6.74. The van der Waals surface area contributed by atoms with E-state index in [-0.39, 0.29) is 0 Å². The van der Waals surface area contributed by atoms with Crippen LogP contribution in [0.25, 0.3) is 6.08 Å². The van der Waals surface area contributed by atoms with E-state index in [0.717, 1.165) is 11.4 Å². The van der Waals surface area contributed by atoms with Crippen LogP contribution in [0.2, 0.25) is 0 Å². The molecule has 0 saturated heterocycles. The molecule has 1 radical (unpaired) electrons. The number of para-hydroxylation sites is 1. The molecule has 13 heavy (non-hydrogen) atoms. The third kappa shape index (κ3) is 0.877. The van der Waals surface area contributed by atoms with Crippen LogP contribution in [0.1, 0.15) is 5.56 Å². The molecule has 0 atom stereocenters. The summed E-state index contributed by atoms with van der Waals surface area (Å²) in [6.45, 7) is 0. The van der Waals surface area contributed by atoms with E-state index in [2.05, 4.69) is 29.2 Å². The van der Waals surface area contributed by atoms with E-state index >= 15 is 0 Å². The van der Waals surface area contributed by atoms with Gasteiger partial charge in [-0.3, -0.25) is 5.43 Å². The van der Waals surface area contributed by atoms with Gasteiger partial charge in [-0.1, -0.05) is 24.3 Å². The van der Waals surface area contributed by atoms with Crippen LogP contribution >= 0.6 is 0 Å². The lowest BCUT2D eigenvalue weighted by atomic mass is 10.1. The zero-order valence-corrected chi connectivity index (χ0v) is 6.94. The topological polar surface area (TPSA) is 29.4 Å². The Morgan fingerprint density at radius 1 is 1.15 bits per heavy atom. The Kier molecular flexibility index (Phi) is 1.23. The van der Waals surface area contributed by atoms with Crippen molar-refractivity contribution in [1.82, 2.24) is 11.0 Å². The number of nitrogens with one attached hydrogen (secondary N) is 1. The number of hydrogen-bond acceptors (Lipinski definition) is 2. The van der Waals surface area contributed by atoms with Crippen molar-refractivity contribution in [3.63, 3.8) is 0 Å². The third-order valence-corrected chi connectivity index (χ3v) is 2.21. The summed E-state index contributed by atoms with van der Waals surface area (Å²) in [5.41, 5.74) is 10.4. The van der Waals surface area contributed by atoms with Crippen molar-refractivity contribution in [2.75, 3.05) is 5.01 Å². The molecule has 0 bridgehead atoms. The van der Waals surface area contributed by atoms with Gasteiger partial charge in [-0.2, -0.15) is 0 Å². The number of anilines is 1. The Hall–Kier alpha value is -1.74. The molecule has 0 saturated carbocycles. The van der Waals surface area contributed by atoms with Crippen LogP contribution in [0.5, 0.6) is 0 Å². The monoisotopic (exact) mass is 170 g/mol. The first-order chi connectivity index (χ1) is 6.45. The lowest BCUT2D eigenvalue weighted by Crippen LogP contribution is -2.31. The molecule has 0 amide bonds. The minimum Gasteiger partial charge on any atom is -0.289 e. The number of hydrogen-bond donors (Lipinski definition) is 1. The van der Waals surface area contributed by atoms with Gasteiger partial charge in [-0.15, -0.1) is 0 Å². The van der Waals surface area contributed by atoms with Crippen LogP contribution in [0.3, 0.4) is 0 Å². The molecular formula is C10H8N3. The zero-order valence-electron chi connectivity index (χ0n) is 6.94. The smallest absolute Gasteiger partial charge is 0.0786 e. The Balaban J connectivity index is 2.20. The van der Waals surface area contributed by atoms with E-state index in [4.69, 9.17) is 0 Å². The number of fused-ring (bicyclic) bond motifs is 3. The molecule has 0 spiro atoms. The van der Waals surface area contributed by atoms with Crippen molar-refractivity contribution in [3.8, 4) is 0 Å². The van der Waals surface area contributed by atoms with Crippen molar-refractivity contribution in [1.29, 1.82) is 0 Å². The van der Waals surface area contributed by atoms with Gasteiger partial charge in [0.25, 0.3) is 0 Å². The second-order valence-corrected chi connectivity index (χ2v) is 3.00. The SMILES string of the molecule is C1=Cc2ccccc2N2[N]NC=C12. The maximum absolute atomic E-state index is 4.14. The first-order valence-corrected chi connectivity index (χ1v) is 4.19. The molecule has 63 valence electrons. The predicted molar refractivity (Wildman–Crippen MR) is 51.3 cm³/mol. The van der Waals surface area contributed by atoms with Crippen LogP contribution < -0.4 is 16.0 Å². The molecule has 1 aromatic rings. The van der Waals surface area contributed by atoms with Gasteiger partial charge in [-0.25, -0.2) is 5.01 Å². The highest BCUT2D eigenvalue weighted by Gasteiger charge is 2.21. The van der Waals surface area contributed by atoms with E-state index in [1.807, 2.05) is 29.4 Å². The van der Waals surface area contributed by atoms with Gasteiger partial charge in [0.15, 0.2) is 0 Å². The van der Waals surface area contributed by atoms with E-state index in [0.29, 0.717) is 0 Å². The van der Waals surface area contributed by atoms with Gasteiger partial charge < -0.3 is 0 Å². The highest BCUT2D eigenvalue weighted by molar-refractivity contribution is 5.76. The van der Waals surface area contributed by atoms with E-state index in [1.54, 1.807) is 0 Å². The van der Waals surface area contributed by atoms with E-state index in [9.17, 15) is 0 Å². The van der Waals surface area contributed by atoms with Gasteiger partial charge in [0.05, 0.1) is 11.4 Å². The van der Waals surface area contributed by atoms with Crippen molar-refractivity contribution in [2.24, 2.45) is 0 Å². The second kappa shape index (κ2) is 2.37. The summed E-state index contributed by atoms with van der Waals surface area (Å²) in [5, 5.41) is 1.90. The van der Waals surface area contributed by atoms with E-state index < -0.39 is 0 Å². The van der Waals surface area contributed by atoms with Gasteiger partial charge in [0.2, 0.25) is 0 Å². The maximum atomic E-state index is 4.14. The molecule has 2 heterocycles. The molecule has 1 N–H and O–H groups in total. The first-order valence-electron chi connectivity index (χ1n) is 4.19. The van der Waals surface area contributed by atoms with Gasteiger partial charge in [0, 0.05) is 6.20 Å². The lowest BCUT2D eigenvalue weighted by molar-refractivity contribution is 0.656. The molecule has 3 rings (SSSR count). The number of nitrogens with zero attached hydrogens (tertiary/aromatic N) is 2. The summed E-state index contributed by atoms with van der Waals surface area (Å²) in [6, 6.07) is 8.18. The van der Waals surface area contributed by atoms with Crippen molar-refractivity contribution >= 4 is 11.8 Å². The minimum atomic E-state index is 1.08. The Bertz CT molecular complexity index is 406. The molecule has 3 heteroatoms. The average Bonchev–Trinajstić information content (AvgIpc) is 2.65. The molecule has 0 aromatic heterocycles. The summed E-state index contributed by atoms with van der Waals surface area (Å²) in [5.74, 6) is 0. The number of benzene rings is 1. The highest BCUT2D eigenvalue weighted by Crippen LogP contribution is 2.30. The average molecular weight is 170 g/mol. The lowest BCUT2D eigenvalue weighted by Gasteiger charge is -2.22. The maximum Gasteiger partial charge on any atom is 0.0786 e. The fraction of sp³-hybridized carbons (Fsp3) is 0. The van der Waals surface area contributed by atoms with Crippen LogP contribution in [0.15, 0.2) is 42.2 Å². The summed E-state index contributed by atoms with van der Waals surface area (Å²) >= 11 is 0. The predicted octanol–water partition coefficient (Wildman–Crippen LogP) is 1.40. The summed E-state index contributed by atoms with van der Waals surface area (Å²) in [4.78, 5) is 0. The number of allylic oxidation sites excluding steroid dienone is 1. The quantitative estimate of drug-likeness (QED) is 0.637. The van der Waals surface area contributed by atoms with Crippen molar-refractivity contribution in [3.05, 3.63) is 47.8 Å². The molecule has 1 aromatic carbocycles. The molecule has 3 nitrogen and oxygen atoms in total. The Morgan fingerprint density at radius 3 is 3.08 bits per heavy atom.